The smallest absolute Gasteiger partial charge is 0.253 e. The second-order valence-corrected chi connectivity index (χ2v) is 9.97. The zero-order valence-corrected chi connectivity index (χ0v) is 21.9. The number of rotatable bonds is 9. The quantitative estimate of drug-likeness (QED) is 0.399. The number of aryl methyl sites for hydroxylation is 2. The molecule has 35 heavy (non-hydrogen) atoms. The van der Waals surface area contributed by atoms with Gasteiger partial charge in [0.2, 0.25) is 0 Å². The molecule has 0 atom stereocenters. The molecule has 2 aromatic rings. The van der Waals surface area contributed by atoms with Crippen molar-refractivity contribution in [1.29, 1.82) is 0 Å². The van der Waals surface area contributed by atoms with Crippen molar-refractivity contribution in [2.45, 2.75) is 26.8 Å². The van der Waals surface area contributed by atoms with Gasteiger partial charge in [0.15, 0.2) is 5.11 Å². The highest BCUT2D eigenvalue weighted by atomic mass is 32.1. The fourth-order valence-electron chi connectivity index (χ4n) is 4.81. The van der Waals surface area contributed by atoms with Crippen LogP contribution < -0.4 is 10.9 Å². The third kappa shape index (κ3) is 7.47. The van der Waals surface area contributed by atoms with E-state index in [1.54, 1.807) is 0 Å². The Morgan fingerprint density at radius 2 is 1.69 bits per heavy atom. The minimum Gasteiger partial charge on any atom is -0.379 e. The average Bonchev–Trinajstić information content (AvgIpc) is 2.86. The molecule has 9 heteroatoms. The highest BCUT2D eigenvalue weighted by Crippen LogP contribution is 2.19. The van der Waals surface area contributed by atoms with Crippen molar-refractivity contribution < 1.29 is 9.47 Å². The van der Waals surface area contributed by atoms with Crippen LogP contribution in [-0.4, -0.2) is 104 Å². The SMILES string of the molecule is Cc1cc(C)c2cc(CN(CCN3CCOCC3)C(=S)NCCCN3CCOCC3)c(=O)[nH]c2c1. The normalized spacial score (nSPS) is 17.5. The summed E-state index contributed by atoms with van der Waals surface area (Å²) in [5.41, 5.74) is 3.90. The average molecular weight is 502 g/mol. The van der Waals surface area contributed by atoms with Gasteiger partial charge in [-0.15, -0.1) is 0 Å². The maximum absolute atomic E-state index is 13.0. The molecule has 2 fully saturated rings. The number of H-pyrrole nitrogens is 1. The first-order valence-electron chi connectivity index (χ1n) is 12.8. The van der Waals surface area contributed by atoms with Gasteiger partial charge in [0.25, 0.3) is 5.56 Å². The van der Waals surface area contributed by atoms with Crippen molar-refractivity contribution in [2.24, 2.45) is 0 Å². The molecule has 8 nitrogen and oxygen atoms in total. The molecule has 0 unspecified atom stereocenters. The molecule has 3 heterocycles. The van der Waals surface area contributed by atoms with Gasteiger partial charge in [-0.05, 0) is 62.3 Å². The summed E-state index contributed by atoms with van der Waals surface area (Å²) in [6.07, 6.45) is 1.02. The van der Waals surface area contributed by atoms with Crippen LogP contribution in [0.2, 0.25) is 0 Å². The van der Waals surface area contributed by atoms with Gasteiger partial charge in [-0.1, -0.05) is 6.07 Å². The lowest BCUT2D eigenvalue weighted by Crippen LogP contribution is -2.46. The lowest BCUT2D eigenvalue weighted by atomic mass is 10.0. The van der Waals surface area contributed by atoms with Crippen LogP contribution in [-0.2, 0) is 16.0 Å². The van der Waals surface area contributed by atoms with Crippen LogP contribution in [0.4, 0.5) is 0 Å². The van der Waals surface area contributed by atoms with Crippen molar-refractivity contribution in [2.75, 3.05) is 78.8 Å². The summed E-state index contributed by atoms with van der Waals surface area (Å²) < 4.78 is 10.9. The zero-order chi connectivity index (χ0) is 24.6. The molecule has 0 amide bonds. The Bertz CT molecular complexity index is 1050. The lowest BCUT2D eigenvalue weighted by molar-refractivity contribution is 0.0356. The first-order valence-corrected chi connectivity index (χ1v) is 13.2. The zero-order valence-electron chi connectivity index (χ0n) is 21.1. The number of thiocarbonyl (C=S) groups is 1. The van der Waals surface area contributed by atoms with Gasteiger partial charge in [-0.3, -0.25) is 14.6 Å². The number of hydrogen-bond acceptors (Lipinski definition) is 6. The first kappa shape index (κ1) is 26.0. The van der Waals surface area contributed by atoms with Crippen LogP contribution >= 0.6 is 12.2 Å². The molecular weight excluding hydrogens is 462 g/mol. The van der Waals surface area contributed by atoms with Crippen molar-refractivity contribution in [3.8, 4) is 0 Å². The van der Waals surface area contributed by atoms with E-state index in [2.05, 4.69) is 44.9 Å². The van der Waals surface area contributed by atoms with Crippen LogP contribution in [0.1, 0.15) is 23.1 Å². The fraction of sp³-hybridized carbons (Fsp3) is 0.615. The Morgan fingerprint density at radius 3 is 2.37 bits per heavy atom. The van der Waals surface area contributed by atoms with Gasteiger partial charge in [0, 0.05) is 62.3 Å². The summed E-state index contributed by atoms with van der Waals surface area (Å²) >= 11 is 5.82. The molecular formula is C26H39N5O3S. The first-order chi connectivity index (χ1) is 17.0. The molecule has 2 aliphatic heterocycles. The number of aromatic nitrogens is 1. The number of pyridine rings is 1. The van der Waals surface area contributed by atoms with E-state index in [9.17, 15) is 4.79 Å². The topological polar surface area (TPSA) is 73.1 Å². The highest BCUT2D eigenvalue weighted by molar-refractivity contribution is 7.80. The Hall–Kier alpha value is -2.04. The van der Waals surface area contributed by atoms with Crippen molar-refractivity contribution in [3.05, 3.63) is 45.2 Å². The standard InChI is InChI=1S/C26H39N5O3S/c1-20-16-21(2)23-18-22(25(32)28-24(23)17-20)19-31(7-6-30-10-14-34-15-11-30)26(35)27-4-3-5-29-8-12-33-13-9-29/h16-18H,3-15,19H2,1-2H3,(H,27,35)(H,28,32). The number of fused-ring (bicyclic) bond motifs is 1. The number of morpholine rings is 2. The molecule has 0 aliphatic carbocycles. The second-order valence-electron chi connectivity index (χ2n) is 9.58. The van der Waals surface area contributed by atoms with E-state index in [4.69, 9.17) is 21.7 Å². The van der Waals surface area contributed by atoms with E-state index in [-0.39, 0.29) is 5.56 Å². The van der Waals surface area contributed by atoms with Crippen LogP contribution in [0, 0.1) is 13.8 Å². The molecule has 2 saturated heterocycles. The third-order valence-corrected chi connectivity index (χ3v) is 7.26. The number of aromatic amines is 1. The Kier molecular flexibility index (Phi) is 9.51. The molecule has 1 aromatic carbocycles. The molecule has 1 aromatic heterocycles. The van der Waals surface area contributed by atoms with Crippen LogP contribution in [0.25, 0.3) is 10.9 Å². The van der Waals surface area contributed by atoms with Crippen molar-refractivity contribution in [1.82, 2.24) is 25.0 Å². The van der Waals surface area contributed by atoms with E-state index >= 15 is 0 Å². The van der Waals surface area contributed by atoms with Crippen molar-refractivity contribution in [3.63, 3.8) is 0 Å². The molecule has 192 valence electrons. The van der Waals surface area contributed by atoms with Crippen molar-refractivity contribution >= 4 is 28.2 Å². The van der Waals surface area contributed by atoms with E-state index in [0.717, 1.165) is 107 Å². The van der Waals surface area contributed by atoms with Gasteiger partial charge in [-0.2, -0.15) is 0 Å². The summed E-state index contributed by atoms with van der Waals surface area (Å²) in [5.74, 6) is 0. The number of nitrogens with one attached hydrogen (secondary N) is 2. The maximum atomic E-state index is 13.0. The molecule has 2 aliphatic rings. The Balaban J connectivity index is 1.41. The predicted molar refractivity (Wildman–Crippen MR) is 144 cm³/mol. The van der Waals surface area contributed by atoms with E-state index in [1.807, 2.05) is 12.1 Å². The number of hydrogen-bond donors (Lipinski definition) is 2. The van der Waals surface area contributed by atoms with E-state index < -0.39 is 0 Å². The molecule has 0 radical (unpaired) electrons. The van der Waals surface area contributed by atoms with Crippen LogP contribution in [0.3, 0.4) is 0 Å². The van der Waals surface area contributed by atoms with Gasteiger partial charge in [-0.25, -0.2) is 0 Å². The van der Waals surface area contributed by atoms with E-state index in [1.165, 1.54) is 5.56 Å². The fourth-order valence-corrected chi connectivity index (χ4v) is 5.07. The van der Waals surface area contributed by atoms with Crippen LogP contribution in [0.5, 0.6) is 0 Å². The maximum Gasteiger partial charge on any atom is 0.253 e. The predicted octanol–water partition coefficient (Wildman–Crippen LogP) is 1.88. The van der Waals surface area contributed by atoms with Gasteiger partial charge in [0.05, 0.1) is 33.0 Å². The summed E-state index contributed by atoms with van der Waals surface area (Å²) in [5, 5.41) is 5.24. The van der Waals surface area contributed by atoms with E-state index in [0.29, 0.717) is 11.7 Å². The lowest BCUT2D eigenvalue weighted by Gasteiger charge is -2.31. The molecule has 0 saturated carbocycles. The number of ether oxygens (including phenoxy) is 2. The molecule has 0 bridgehead atoms. The monoisotopic (exact) mass is 501 g/mol. The van der Waals surface area contributed by atoms with Crippen LogP contribution in [0.15, 0.2) is 23.0 Å². The summed E-state index contributed by atoms with van der Waals surface area (Å²) in [4.78, 5) is 23.0. The Labute approximate surface area is 213 Å². The largest absolute Gasteiger partial charge is 0.379 e. The minimum absolute atomic E-state index is 0.0472. The summed E-state index contributed by atoms with van der Waals surface area (Å²) in [6, 6.07) is 6.22. The minimum atomic E-state index is -0.0472. The highest BCUT2D eigenvalue weighted by Gasteiger charge is 2.17. The number of benzene rings is 1. The number of nitrogens with zero attached hydrogens (tertiary/aromatic N) is 3. The molecule has 0 spiro atoms. The summed E-state index contributed by atoms with van der Waals surface area (Å²) in [6.45, 7) is 15.2. The van der Waals surface area contributed by atoms with Gasteiger partial charge in [0.1, 0.15) is 0 Å². The molecule has 4 rings (SSSR count). The van der Waals surface area contributed by atoms with Gasteiger partial charge < -0.3 is 24.7 Å². The third-order valence-electron chi connectivity index (χ3n) is 6.86. The summed E-state index contributed by atoms with van der Waals surface area (Å²) in [7, 11) is 0. The second kappa shape index (κ2) is 12.8. The Morgan fingerprint density at radius 1 is 1.03 bits per heavy atom. The molecule has 2 N–H and O–H groups in total. The van der Waals surface area contributed by atoms with Gasteiger partial charge >= 0.3 is 0 Å².